The van der Waals surface area contributed by atoms with Crippen LogP contribution in [-0.2, 0) is 7.05 Å². The SMILES string of the molecule is Cn1c(-c2ccsc2N)nc2ccccc21. The number of hydrogen-bond donors (Lipinski definition) is 1. The minimum atomic E-state index is 0.818. The molecule has 3 rings (SSSR count). The molecule has 16 heavy (non-hydrogen) atoms. The summed E-state index contributed by atoms with van der Waals surface area (Å²) >= 11 is 1.54. The van der Waals surface area contributed by atoms with Crippen LogP contribution in [0.4, 0.5) is 5.00 Å². The number of benzene rings is 1. The van der Waals surface area contributed by atoms with E-state index in [1.165, 1.54) is 0 Å². The van der Waals surface area contributed by atoms with Gasteiger partial charge < -0.3 is 10.3 Å². The highest BCUT2D eigenvalue weighted by Gasteiger charge is 2.12. The first-order chi connectivity index (χ1) is 7.77. The lowest BCUT2D eigenvalue weighted by atomic mass is 10.3. The van der Waals surface area contributed by atoms with Gasteiger partial charge in [-0.05, 0) is 23.6 Å². The number of anilines is 1. The van der Waals surface area contributed by atoms with E-state index in [0.717, 1.165) is 27.4 Å². The van der Waals surface area contributed by atoms with Crippen molar-refractivity contribution in [1.82, 2.24) is 9.55 Å². The van der Waals surface area contributed by atoms with Crippen LogP contribution in [0.1, 0.15) is 0 Å². The summed E-state index contributed by atoms with van der Waals surface area (Å²) in [5.41, 5.74) is 9.08. The molecule has 0 radical (unpaired) electrons. The van der Waals surface area contributed by atoms with Gasteiger partial charge in [0.15, 0.2) is 0 Å². The Hall–Kier alpha value is -1.81. The Morgan fingerprint density at radius 1 is 1.25 bits per heavy atom. The highest BCUT2D eigenvalue weighted by Crippen LogP contribution is 2.31. The van der Waals surface area contributed by atoms with Gasteiger partial charge in [0.2, 0.25) is 0 Å². The van der Waals surface area contributed by atoms with E-state index in [1.54, 1.807) is 11.3 Å². The van der Waals surface area contributed by atoms with Gasteiger partial charge in [0.05, 0.1) is 21.6 Å². The Morgan fingerprint density at radius 3 is 2.75 bits per heavy atom. The Bertz CT molecular complexity index is 651. The number of imidazole rings is 1. The zero-order valence-electron chi connectivity index (χ0n) is 8.84. The fourth-order valence-electron chi connectivity index (χ4n) is 1.89. The molecular weight excluding hydrogens is 218 g/mol. The van der Waals surface area contributed by atoms with Gasteiger partial charge in [0.1, 0.15) is 5.82 Å². The Labute approximate surface area is 97.2 Å². The molecule has 0 atom stereocenters. The van der Waals surface area contributed by atoms with Gasteiger partial charge in [-0.3, -0.25) is 0 Å². The minimum Gasteiger partial charge on any atom is -0.390 e. The molecule has 0 unspecified atom stereocenters. The number of aryl methyl sites for hydroxylation is 1. The molecule has 0 saturated carbocycles. The highest BCUT2D eigenvalue weighted by atomic mass is 32.1. The number of hydrogen-bond acceptors (Lipinski definition) is 3. The zero-order chi connectivity index (χ0) is 11.1. The molecule has 0 aliphatic carbocycles. The van der Waals surface area contributed by atoms with E-state index in [1.807, 2.05) is 36.7 Å². The second-order valence-corrected chi connectivity index (χ2v) is 4.63. The van der Waals surface area contributed by atoms with Gasteiger partial charge in [0.25, 0.3) is 0 Å². The number of nitrogens with zero attached hydrogens (tertiary/aromatic N) is 2. The average molecular weight is 229 g/mol. The van der Waals surface area contributed by atoms with E-state index < -0.39 is 0 Å². The van der Waals surface area contributed by atoms with Crippen molar-refractivity contribution >= 4 is 27.4 Å². The molecule has 0 aliphatic rings. The Kier molecular flexibility index (Phi) is 1.97. The molecule has 0 aliphatic heterocycles. The molecule has 4 heteroatoms. The standard InChI is InChI=1S/C12H11N3S/c1-15-10-5-3-2-4-9(10)14-12(15)8-6-7-16-11(8)13/h2-7H,13H2,1H3. The Morgan fingerprint density at radius 2 is 2.06 bits per heavy atom. The first kappa shape index (κ1) is 9.42. The minimum absolute atomic E-state index is 0.818. The van der Waals surface area contributed by atoms with E-state index in [9.17, 15) is 0 Å². The fourth-order valence-corrected chi connectivity index (χ4v) is 2.53. The van der Waals surface area contributed by atoms with Crippen LogP contribution in [0.3, 0.4) is 0 Å². The lowest BCUT2D eigenvalue weighted by molar-refractivity contribution is 0.961. The summed E-state index contributed by atoms with van der Waals surface area (Å²) in [4.78, 5) is 4.61. The van der Waals surface area contributed by atoms with E-state index in [0.29, 0.717) is 0 Å². The molecule has 0 saturated heterocycles. The first-order valence-electron chi connectivity index (χ1n) is 5.02. The molecule has 2 aromatic heterocycles. The van der Waals surface area contributed by atoms with Crippen LogP contribution in [0.5, 0.6) is 0 Å². The zero-order valence-corrected chi connectivity index (χ0v) is 9.66. The predicted molar refractivity (Wildman–Crippen MR) is 68.4 cm³/mol. The summed E-state index contributed by atoms with van der Waals surface area (Å²) < 4.78 is 2.08. The molecule has 3 nitrogen and oxygen atoms in total. The van der Waals surface area contributed by atoms with Crippen molar-refractivity contribution in [1.29, 1.82) is 0 Å². The van der Waals surface area contributed by atoms with Crippen molar-refractivity contribution in [2.75, 3.05) is 5.73 Å². The molecular formula is C12H11N3S. The molecule has 3 aromatic rings. The maximum absolute atomic E-state index is 5.93. The second kappa shape index (κ2) is 3.35. The molecule has 0 fully saturated rings. The first-order valence-corrected chi connectivity index (χ1v) is 5.90. The number of nitrogen functional groups attached to an aromatic ring is 1. The topological polar surface area (TPSA) is 43.8 Å². The summed E-state index contributed by atoms with van der Waals surface area (Å²) in [6.45, 7) is 0. The summed E-state index contributed by atoms with van der Waals surface area (Å²) in [5, 5.41) is 2.81. The van der Waals surface area contributed by atoms with Crippen LogP contribution in [0.25, 0.3) is 22.4 Å². The predicted octanol–water partition coefficient (Wildman–Crippen LogP) is 2.88. The van der Waals surface area contributed by atoms with Gasteiger partial charge in [-0.15, -0.1) is 11.3 Å². The quantitative estimate of drug-likeness (QED) is 0.697. The van der Waals surface area contributed by atoms with Crippen molar-refractivity contribution in [2.24, 2.45) is 7.05 Å². The van der Waals surface area contributed by atoms with Crippen molar-refractivity contribution in [2.45, 2.75) is 0 Å². The monoisotopic (exact) mass is 229 g/mol. The molecule has 2 N–H and O–H groups in total. The molecule has 1 aromatic carbocycles. The Balaban J connectivity index is 2.33. The van der Waals surface area contributed by atoms with Crippen LogP contribution in [0.15, 0.2) is 35.7 Å². The van der Waals surface area contributed by atoms with Crippen molar-refractivity contribution in [3.05, 3.63) is 35.7 Å². The molecule has 0 bridgehead atoms. The smallest absolute Gasteiger partial charge is 0.143 e. The second-order valence-electron chi connectivity index (χ2n) is 3.68. The number of aromatic nitrogens is 2. The molecule has 0 spiro atoms. The summed E-state index contributed by atoms with van der Waals surface area (Å²) in [6, 6.07) is 10.1. The molecule has 80 valence electrons. The lowest BCUT2D eigenvalue weighted by Gasteiger charge is -2.00. The number of thiophene rings is 1. The highest BCUT2D eigenvalue weighted by molar-refractivity contribution is 7.14. The third-order valence-electron chi connectivity index (χ3n) is 2.72. The van der Waals surface area contributed by atoms with Gasteiger partial charge in [-0.2, -0.15) is 0 Å². The normalized spacial score (nSPS) is 11.1. The fraction of sp³-hybridized carbons (Fsp3) is 0.0833. The number of rotatable bonds is 1. The van der Waals surface area contributed by atoms with Crippen LogP contribution in [0.2, 0.25) is 0 Å². The van der Waals surface area contributed by atoms with Crippen LogP contribution >= 0.6 is 11.3 Å². The number of fused-ring (bicyclic) bond motifs is 1. The maximum Gasteiger partial charge on any atom is 0.143 e. The number of para-hydroxylation sites is 2. The van der Waals surface area contributed by atoms with E-state index in [2.05, 4.69) is 15.6 Å². The van der Waals surface area contributed by atoms with Gasteiger partial charge in [0, 0.05) is 7.05 Å². The summed E-state index contributed by atoms with van der Waals surface area (Å²) in [5.74, 6) is 0.931. The summed E-state index contributed by atoms with van der Waals surface area (Å²) in [7, 11) is 2.02. The van der Waals surface area contributed by atoms with Crippen molar-refractivity contribution in [3.8, 4) is 11.4 Å². The van der Waals surface area contributed by atoms with Gasteiger partial charge in [-0.25, -0.2) is 4.98 Å². The van der Waals surface area contributed by atoms with Crippen LogP contribution in [-0.4, -0.2) is 9.55 Å². The lowest BCUT2D eigenvalue weighted by Crippen LogP contribution is -1.93. The van der Waals surface area contributed by atoms with Crippen LogP contribution in [0, 0.1) is 0 Å². The maximum atomic E-state index is 5.93. The largest absolute Gasteiger partial charge is 0.390 e. The van der Waals surface area contributed by atoms with Crippen molar-refractivity contribution in [3.63, 3.8) is 0 Å². The van der Waals surface area contributed by atoms with E-state index in [4.69, 9.17) is 5.73 Å². The van der Waals surface area contributed by atoms with Gasteiger partial charge >= 0.3 is 0 Å². The van der Waals surface area contributed by atoms with E-state index >= 15 is 0 Å². The van der Waals surface area contributed by atoms with Crippen molar-refractivity contribution < 1.29 is 0 Å². The average Bonchev–Trinajstić information content (AvgIpc) is 2.84. The van der Waals surface area contributed by atoms with Gasteiger partial charge in [-0.1, -0.05) is 12.1 Å². The van der Waals surface area contributed by atoms with E-state index in [-0.39, 0.29) is 0 Å². The summed E-state index contributed by atoms with van der Waals surface area (Å²) in [6.07, 6.45) is 0. The molecule has 0 amide bonds. The third kappa shape index (κ3) is 1.23. The third-order valence-corrected chi connectivity index (χ3v) is 3.47. The van der Waals surface area contributed by atoms with Crippen LogP contribution < -0.4 is 5.73 Å². The molecule has 2 heterocycles. The number of nitrogens with two attached hydrogens (primary N) is 1.